The minimum atomic E-state index is -3.62. The monoisotopic (exact) mass is 391 g/mol. The Balaban J connectivity index is 0.00000312. The van der Waals surface area contributed by atoms with Gasteiger partial charge in [0.05, 0.1) is 17.4 Å². The molecule has 1 aromatic rings. The van der Waals surface area contributed by atoms with Crippen molar-refractivity contribution in [2.24, 2.45) is 11.7 Å². The van der Waals surface area contributed by atoms with Gasteiger partial charge in [0.25, 0.3) is 0 Å². The molecule has 0 aromatic heterocycles. The van der Waals surface area contributed by atoms with Crippen LogP contribution in [-0.4, -0.2) is 51.9 Å². The maximum Gasteiger partial charge on any atom is 0.243 e. The van der Waals surface area contributed by atoms with Crippen LogP contribution in [0.2, 0.25) is 0 Å². The van der Waals surface area contributed by atoms with E-state index in [4.69, 9.17) is 10.5 Å². The number of rotatable bonds is 7. The topological polar surface area (TPSA) is 102 Å². The smallest absolute Gasteiger partial charge is 0.243 e. The zero-order valence-corrected chi connectivity index (χ0v) is 15.9. The third-order valence-corrected chi connectivity index (χ3v) is 5.91. The summed E-state index contributed by atoms with van der Waals surface area (Å²) in [6.07, 6.45) is 1.35. The summed E-state index contributed by atoms with van der Waals surface area (Å²) in [6, 6.07) is 6.72. The first-order valence-corrected chi connectivity index (χ1v) is 9.49. The van der Waals surface area contributed by atoms with Crippen molar-refractivity contribution in [2.45, 2.75) is 24.3 Å². The van der Waals surface area contributed by atoms with Crippen molar-refractivity contribution >= 4 is 28.3 Å². The van der Waals surface area contributed by atoms with Crippen LogP contribution in [0.25, 0.3) is 0 Å². The molecule has 0 saturated carbocycles. The first-order chi connectivity index (χ1) is 11.5. The van der Waals surface area contributed by atoms with E-state index in [-0.39, 0.29) is 35.7 Å². The Bertz CT molecular complexity index is 669. The van der Waals surface area contributed by atoms with Gasteiger partial charge in [-0.1, -0.05) is 12.1 Å². The number of nitrogens with one attached hydrogen (secondary N) is 1. The highest BCUT2D eigenvalue weighted by molar-refractivity contribution is 7.89. The number of amides is 1. The molecule has 1 aliphatic rings. The lowest BCUT2D eigenvalue weighted by Crippen LogP contribution is -2.46. The van der Waals surface area contributed by atoms with Gasteiger partial charge in [0.15, 0.2) is 0 Å². The highest BCUT2D eigenvalue weighted by atomic mass is 35.5. The summed E-state index contributed by atoms with van der Waals surface area (Å²) >= 11 is 0. The van der Waals surface area contributed by atoms with Crippen LogP contribution >= 0.6 is 12.4 Å². The molecule has 142 valence electrons. The van der Waals surface area contributed by atoms with E-state index in [1.54, 1.807) is 25.3 Å². The second-order valence-corrected chi connectivity index (χ2v) is 7.80. The van der Waals surface area contributed by atoms with Crippen LogP contribution in [0.1, 0.15) is 18.4 Å². The second-order valence-electron chi connectivity index (χ2n) is 5.86. The fraction of sp³-hybridized carbons (Fsp3) is 0.562. The predicted molar refractivity (Wildman–Crippen MR) is 97.9 cm³/mol. The van der Waals surface area contributed by atoms with E-state index >= 15 is 0 Å². The molecule has 0 bridgehead atoms. The Morgan fingerprint density at radius 2 is 2.20 bits per heavy atom. The van der Waals surface area contributed by atoms with Crippen molar-refractivity contribution < 1.29 is 17.9 Å². The van der Waals surface area contributed by atoms with E-state index in [9.17, 15) is 13.2 Å². The van der Waals surface area contributed by atoms with E-state index in [1.807, 2.05) is 6.07 Å². The van der Waals surface area contributed by atoms with E-state index in [2.05, 4.69) is 5.32 Å². The number of piperidine rings is 1. The maximum absolute atomic E-state index is 12.9. The normalized spacial score (nSPS) is 18.4. The van der Waals surface area contributed by atoms with E-state index < -0.39 is 10.0 Å². The number of benzene rings is 1. The van der Waals surface area contributed by atoms with E-state index in [0.717, 1.165) is 5.56 Å². The quantitative estimate of drug-likeness (QED) is 0.713. The summed E-state index contributed by atoms with van der Waals surface area (Å²) in [5.41, 5.74) is 6.19. The van der Waals surface area contributed by atoms with Gasteiger partial charge in [0.2, 0.25) is 15.9 Å². The van der Waals surface area contributed by atoms with Gasteiger partial charge in [0.1, 0.15) is 0 Å². The minimum absolute atomic E-state index is 0. The summed E-state index contributed by atoms with van der Waals surface area (Å²) in [5, 5.41) is 2.74. The van der Waals surface area contributed by atoms with Crippen LogP contribution in [0.15, 0.2) is 29.2 Å². The number of ether oxygens (including phenoxy) is 1. The molecule has 1 aliphatic heterocycles. The third-order valence-electron chi connectivity index (χ3n) is 4.05. The van der Waals surface area contributed by atoms with Gasteiger partial charge in [0, 0.05) is 33.3 Å². The molecule has 25 heavy (non-hydrogen) atoms. The van der Waals surface area contributed by atoms with E-state index in [1.165, 1.54) is 4.31 Å². The molecule has 2 rings (SSSR count). The van der Waals surface area contributed by atoms with Crippen LogP contribution in [0.4, 0.5) is 0 Å². The molecule has 0 spiro atoms. The Labute approximate surface area is 155 Å². The molecule has 1 aromatic carbocycles. The lowest BCUT2D eigenvalue weighted by molar-refractivity contribution is -0.126. The summed E-state index contributed by atoms with van der Waals surface area (Å²) in [4.78, 5) is 12.3. The van der Waals surface area contributed by atoms with E-state index in [0.29, 0.717) is 39.1 Å². The minimum Gasteiger partial charge on any atom is -0.380 e. The van der Waals surface area contributed by atoms with Crippen molar-refractivity contribution in [3.63, 3.8) is 0 Å². The average Bonchev–Trinajstić information content (AvgIpc) is 2.60. The Hall–Kier alpha value is -1.19. The van der Waals surface area contributed by atoms with Crippen LogP contribution < -0.4 is 11.1 Å². The lowest BCUT2D eigenvalue weighted by Gasteiger charge is -2.31. The summed E-state index contributed by atoms with van der Waals surface area (Å²) in [6.45, 7) is 1.76. The average molecular weight is 392 g/mol. The second kappa shape index (κ2) is 10.1. The highest BCUT2D eigenvalue weighted by Crippen LogP contribution is 2.24. The van der Waals surface area contributed by atoms with Crippen molar-refractivity contribution in [1.29, 1.82) is 0 Å². The molecule has 1 saturated heterocycles. The van der Waals surface area contributed by atoms with Gasteiger partial charge in [-0.3, -0.25) is 4.79 Å². The fourth-order valence-corrected chi connectivity index (χ4v) is 4.42. The highest BCUT2D eigenvalue weighted by Gasteiger charge is 2.33. The predicted octanol–water partition coefficient (Wildman–Crippen LogP) is 0.730. The Kier molecular flexibility index (Phi) is 8.81. The molecule has 9 heteroatoms. The SMILES string of the molecule is COCc1cccc(S(=O)(=O)N2CCCC(C(=O)NCCN)C2)c1.Cl. The molecule has 1 atom stereocenters. The molecule has 1 unspecified atom stereocenters. The van der Waals surface area contributed by atoms with Crippen LogP contribution in [0.3, 0.4) is 0 Å². The van der Waals surface area contributed by atoms with Crippen LogP contribution in [-0.2, 0) is 26.2 Å². The summed E-state index contributed by atoms with van der Waals surface area (Å²) in [7, 11) is -2.05. The number of methoxy groups -OCH3 is 1. The first-order valence-electron chi connectivity index (χ1n) is 8.05. The Morgan fingerprint density at radius 3 is 2.88 bits per heavy atom. The fourth-order valence-electron chi connectivity index (χ4n) is 2.83. The molecule has 0 radical (unpaired) electrons. The third kappa shape index (κ3) is 5.65. The number of carbonyl (C=O) groups excluding carboxylic acids is 1. The largest absolute Gasteiger partial charge is 0.380 e. The molecule has 1 fully saturated rings. The van der Waals surface area contributed by atoms with Gasteiger partial charge < -0.3 is 15.8 Å². The number of hydrogen-bond acceptors (Lipinski definition) is 5. The molecular weight excluding hydrogens is 366 g/mol. The molecule has 1 amide bonds. The van der Waals surface area contributed by atoms with Crippen LogP contribution in [0, 0.1) is 5.92 Å². The molecule has 0 aliphatic carbocycles. The number of sulfonamides is 1. The molecule has 3 N–H and O–H groups in total. The maximum atomic E-state index is 12.9. The molecular formula is C16H26ClN3O4S. The number of hydrogen-bond donors (Lipinski definition) is 2. The van der Waals surface area contributed by atoms with Gasteiger partial charge in [-0.2, -0.15) is 4.31 Å². The van der Waals surface area contributed by atoms with Gasteiger partial charge in [-0.05, 0) is 30.5 Å². The number of nitrogens with zero attached hydrogens (tertiary/aromatic N) is 1. The number of nitrogens with two attached hydrogens (primary N) is 1. The summed E-state index contributed by atoms with van der Waals surface area (Å²) in [5.74, 6) is -0.462. The van der Waals surface area contributed by atoms with Crippen molar-refractivity contribution in [3.8, 4) is 0 Å². The van der Waals surface area contributed by atoms with Crippen LogP contribution in [0.5, 0.6) is 0 Å². The molecule has 7 nitrogen and oxygen atoms in total. The van der Waals surface area contributed by atoms with Gasteiger partial charge >= 0.3 is 0 Å². The first kappa shape index (κ1) is 21.9. The number of carbonyl (C=O) groups is 1. The Morgan fingerprint density at radius 1 is 1.44 bits per heavy atom. The lowest BCUT2D eigenvalue weighted by atomic mass is 9.99. The van der Waals surface area contributed by atoms with Crippen molar-refractivity contribution in [2.75, 3.05) is 33.3 Å². The zero-order valence-electron chi connectivity index (χ0n) is 14.3. The number of halogens is 1. The van der Waals surface area contributed by atoms with Gasteiger partial charge in [-0.25, -0.2) is 8.42 Å². The zero-order chi connectivity index (χ0) is 17.6. The van der Waals surface area contributed by atoms with Crippen molar-refractivity contribution in [3.05, 3.63) is 29.8 Å². The summed E-state index contributed by atoms with van der Waals surface area (Å²) < 4.78 is 32.2. The standard InChI is InChI=1S/C16H25N3O4S.ClH/c1-23-12-13-4-2-6-15(10-13)24(21,22)19-9-3-5-14(11-19)16(20)18-8-7-17;/h2,4,6,10,14H,3,5,7-9,11-12,17H2,1H3,(H,18,20);1H. The van der Waals surface area contributed by atoms with Gasteiger partial charge in [-0.15, -0.1) is 12.4 Å². The molecule has 1 heterocycles. The van der Waals surface area contributed by atoms with Crippen molar-refractivity contribution in [1.82, 2.24) is 9.62 Å².